The molecular weight excluding hydrogens is 1940 g/mol. The van der Waals surface area contributed by atoms with Gasteiger partial charge in [-0.05, 0) is 182 Å². The van der Waals surface area contributed by atoms with Gasteiger partial charge in [-0.25, -0.2) is 29.9 Å². The van der Waals surface area contributed by atoms with Crippen LogP contribution in [0.5, 0.6) is 34.5 Å². The van der Waals surface area contributed by atoms with E-state index in [1.807, 2.05) is 291 Å². The van der Waals surface area contributed by atoms with E-state index in [9.17, 15) is 0 Å². The third-order valence-electron chi connectivity index (χ3n) is 24.6. The summed E-state index contributed by atoms with van der Waals surface area (Å²) in [5.74, 6) is 13.6. The summed E-state index contributed by atoms with van der Waals surface area (Å²) in [6.07, 6.45) is 11.0. The summed E-state index contributed by atoms with van der Waals surface area (Å²) in [6, 6.07) is 93.5. The Kier molecular flexibility index (Phi) is 29.4. The number of para-hydroxylation sites is 24. The van der Waals surface area contributed by atoms with Crippen LogP contribution in [0.3, 0.4) is 0 Å². The summed E-state index contributed by atoms with van der Waals surface area (Å²) in [7, 11) is 0. The molecule has 737 valence electrons. The maximum Gasteiger partial charge on any atom is 0.225 e. The SMILES string of the molecule is CC(C)(C)C(=C1[N-]c2ccccc2O1)c1nc2ccccc2o1.CC(C)(C)C(=C1[N-]c2ccccc2O1)c1nc2ccccc2o1.CC(C)CC(=C1[N-]c2ccccc2O1)c1nc2ccccc2o1.CC(C)CC(=C1[N-]c2ccccc2O1)c1nc2ccccc2o1.[Cu].[Cu].[Cu].c1ccc2c(c1)[N-]C(=C(c1nc3ccccc3o1)C1CCCC1)O2.c1ccc2c(c1)[N-]C(=C(c1nc3ccccc3o1)C1CCCC1)O2. The van der Waals surface area contributed by atoms with Crippen molar-refractivity contribution < 1.29 is 106 Å². The smallest absolute Gasteiger partial charge is 0.225 e. The Morgan fingerprint density at radius 2 is 0.448 bits per heavy atom. The van der Waals surface area contributed by atoms with Crippen LogP contribution in [-0.4, -0.2) is 29.9 Å². The average molecular weight is 2050 g/mol. The van der Waals surface area contributed by atoms with Gasteiger partial charge in [-0.15, -0.1) is 0 Å². The van der Waals surface area contributed by atoms with Gasteiger partial charge < -0.3 is 86.8 Å². The Hall–Kier alpha value is -14.9. The van der Waals surface area contributed by atoms with Gasteiger partial charge in [-0.1, -0.05) is 311 Å². The third kappa shape index (κ3) is 21.6. The number of benzene rings is 12. The van der Waals surface area contributed by atoms with Gasteiger partial charge in [0.05, 0.1) is 0 Å². The Balaban J connectivity index is 0.000000113. The largest absolute Gasteiger partial charge is 0.624 e. The average Bonchev–Trinajstić information content (AvgIpc) is 1.66. The molecule has 2 fully saturated rings. The van der Waals surface area contributed by atoms with E-state index in [0.717, 1.165) is 207 Å². The van der Waals surface area contributed by atoms with Crippen LogP contribution in [0.4, 0.5) is 34.1 Å². The minimum atomic E-state index is -0.220. The molecule has 0 atom stereocenters. The number of nitrogens with zero attached hydrogens (tertiary/aromatic N) is 12. The Labute approximate surface area is 860 Å². The van der Waals surface area contributed by atoms with Crippen molar-refractivity contribution in [3.63, 3.8) is 0 Å². The topological polar surface area (TPSA) is 296 Å². The number of ether oxygens (including phenoxy) is 6. The molecule has 8 aliphatic rings. The zero-order valence-corrected chi connectivity index (χ0v) is 83.1. The summed E-state index contributed by atoms with van der Waals surface area (Å²) >= 11 is 0. The molecule has 2 saturated carbocycles. The molecule has 0 unspecified atom stereocenters. The van der Waals surface area contributed by atoms with Crippen molar-refractivity contribution in [1.29, 1.82) is 0 Å². The molecule has 0 saturated heterocycles. The van der Waals surface area contributed by atoms with Crippen LogP contribution in [0, 0.1) is 34.5 Å². The van der Waals surface area contributed by atoms with E-state index in [1.54, 1.807) is 0 Å². The van der Waals surface area contributed by atoms with Gasteiger partial charge in [0.15, 0.2) is 33.5 Å². The quantitative estimate of drug-likeness (QED) is 0.103. The minimum Gasteiger partial charge on any atom is -0.624 e. The second-order valence-electron chi connectivity index (χ2n) is 38.0. The number of oxazole rings is 6. The van der Waals surface area contributed by atoms with Crippen LogP contribution in [0.15, 0.2) is 353 Å². The molecule has 6 aromatic heterocycles. The van der Waals surface area contributed by atoms with Gasteiger partial charge in [-0.3, -0.25) is 0 Å². The monoisotopic (exact) mass is 2040 g/mol. The summed E-state index contributed by atoms with van der Waals surface area (Å²) in [5, 5.41) is 27.9. The van der Waals surface area contributed by atoms with Crippen molar-refractivity contribution in [3.05, 3.63) is 394 Å². The maximum atomic E-state index is 6.04. The number of rotatable bonds is 12. The van der Waals surface area contributed by atoms with Gasteiger partial charge in [0.2, 0.25) is 35.3 Å². The number of hydrogen-bond acceptors (Lipinski definition) is 18. The third-order valence-corrected chi connectivity index (χ3v) is 24.6. The van der Waals surface area contributed by atoms with Crippen molar-refractivity contribution in [1.82, 2.24) is 29.9 Å². The van der Waals surface area contributed by atoms with E-state index < -0.39 is 0 Å². The Bertz CT molecular complexity index is 7060. The summed E-state index contributed by atoms with van der Waals surface area (Å²) in [4.78, 5) is 27.9. The number of aromatic nitrogens is 6. The Morgan fingerprint density at radius 3 is 0.692 bits per heavy atom. The van der Waals surface area contributed by atoms with E-state index in [1.165, 1.54) is 25.7 Å². The maximum absolute atomic E-state index is 6.04. The molecule has 0 bridgehead atoms. The van der Waals surface area contributed by atoms with E-state index >= 15 is 0 Å². The minimum absolute atomic E-state index is 0. The molecule has 24 nitrogen and oxygen atoms in total. The van der Waals surface area contributed by atoms with Crippen LogP contribution in [0.1, 0.15) is 169 Å². The second kappa shape index (κ2) is 42.9. The molecular formula is C116H102Cu3N12O12-6. The first-order valence-electron chi connectivity index (χ1n) is 47.7. The fraction of sp³-hybridized carbons (Fsp3) is 0.224. The molecule has 27 heteroatoms. The van der Waals surface area contributed by atoms with E-state index in [0.29, 0.717) is 94.3 Å². The van der Waals surface area contributed by atoms with E-state index in [2.05, 4.69) is 110 Å². The molecule has 0 spiro atoms. The molecule has 6 aliphatic heterocycles. The predicted molar refractivity (Wildman–Crippen MR) is 548 cm³/mol. The van der Waals surface area contributed by atoms with Crippen molar-refractivity contribution in [3.8, 4) is 34.5 Å². The van der Waals surface area contributed by atoms with Gasteiger partial charge in [0.25, 0.3) is 0 Å². The van der Waals surface area contributed by atoms with Gasteiger partial charge in [0, 0.05) is 120 Å². The zero-order chi connectivity index (χ0) is 95.5. The van der Waals surface area contributed by atoms with Crippen molar-refractivity contribution >= 4 is 134 Å². The molecule has 12 aromatic carbocycles. The van der Waals surface area contributed by atoms with Crippen molar-refractivity contribution in [2.75, 3.05) is 0 Å². The molecule has 0 N–H and O–H groups in total. The molecule has 0 amide bonds. The normalized spacial score (nSPS) is 16.5. The molecule has 18 aromatic rings. The molecule has 12 heterocycles. The fourth-order valence-corrected chi connectivity index (χ4v) is 18.0. The first kappa shape index (κ1) is 98.2. The van der Waals surface area contributed by atoms with Crippen molar-refractivity contribution in [2.45, 2.75) is 133 Å². The zero-order valence-electron chi connectivity index (χ0n) is 80.3. The molecule has 26 rings (SSSR count). The predicted octanol–water partition coefficient (Wildman–Crippen LogP) is 34.1. The van der Waals surface area contributed by atoms with Gasteiger partial charge in [0.1, 0.15) is 67.6 Å². The fourth-order valence-electron chi connectivity index (χ4n) is 18.0. The van der Waals surface area contributed by atoms with Crippen LogP contribution in [0.25, 0.3) is 132 Å². The van der Waals surface area contributed by atoms with E-state index in [4.69, 9.17) is 75.5 Å². The first-order chi connectivity index (χ1) is 68.2. The number of allylic oxidation sites excluding steroid dienone is 6. The second-order valence-corrected chi connectivity index (χ2v) is 38.0. The summed E-state index contributed by atoms with van der Waals surface area (Å²) in [6.45, 7) is 21.3. The standard InChI is InChI=1S/2C20H17N2O2.4C19H17N2O2.3Cu/c2*1-2-8-13(7-1)18(19-21-14-9-3-5-11-16(14)23-19)20-22-15-10-4-6-12-17(15)24-20;2*1-19(2,3)16(17-20-12-8-4-6-10-14(12)22-17)18-21-13-9-5-7-11-15(13)23-18;2*1-12(2)11-13(18-20-14-7-3-5-9-16(14)22-18)19-21-15-8-4-6-10-17(15)23-19;;;/h2*3-6,9-13H,1-2,7-8H2;2*4-11H,1-3H3;2*3-10,12H,11H2,1-2H3;;;/q6*-1;;;. The number of hydrogen-bond donors (Lipinski definition) is 0. The molecule has 3 radical (unpaired) electrons. The number of fused-ring (bicyclic) bond motifs is 12. The Morgan fingerprint density at radius 1 is 0.252 bits per heavy atom. The van der Waals surface area contributed by atoms with Crippen LogP contribution < -0.4 is 28.4 Å². The van der Waals surface area contributed by atoms with Crippen LogP contribution >= 0.6 is 0 Å². The van der Waals surface area contributed by atoms with Crippen LogP contribution in [-0.2, 0) is 51.2 Å². The molecule has 2 aliphatic carbocycles. The van der Waals surface area contributed by atoms with Crippen molar-refractivity contribution in [2.24, 2.45) is 34.5 Å². The summed E-state index contributed by atoms with van der Waals surface area (Å²) < 4.78 is 71.7. The van der Waals surface area contributed by atoms with Crippen LogP contribution in [0.2, 0.25) is 0 Å². The van der Waals surface area contributed by atoms with Gasteiger partial charge in [-0.2, -0.15) is 0 Å². The first-order valence-corrected chi connectivity index (χ1v) is 47.7. The summed E-state index contributed by atoms with van der Waals surface area (Å²) in [5.41, 5.74) is 20.1. The van der Waals surface area contributed by atoms with Gasteiger partial charge >= 0.3 is 0 Å². The molecule has 143 heavy (non-hydrogen) atoms. The van der Waals surface area contributed by atoms with E-state index in [-0.39, 0.29) is 62.0 Å².